The highest BCUT2D eigenvalue weighted by molar-refractivity contribution is 6.08. The van der Waals surface area contributed by atoms with Gasteiger partial charge in [-0.2, -0.15) is 0 Å². The van der Waals surface area contributed by atoms with Crippen LogP contribution >= 0.6 is 0 Å². The molecule has 8 heteroatoms. The summed E-state index contributed by atoms with van der Waals surface area (Å²) < 4.78 is 11.2. The van der Waals surface area contributed by atoms with Gasteiger partial charge in [0, 0.05) is 29.6 Å². The van der Waals surface area contributed by atoms with E-state index >= 15 is 0 Å². The molecule has 1 saturated heterocycles. The van der Waals surface area contributed by atoms with Gasteiger partial charge in [0.1, 0.15) is 5.82 Å². The summed E-state index contributed by atoms with van der Waals surface area (Å²) in [7, 11) is 0. The van der Waals surface area contributed by atoms with E-state index in [1.54, 1.807) is 26.1 Å². The number of benzene rings is 1. The van der Waals surface area contributed by atoms with Gasteiger partial charge in [-0.1, -0.05) is 18.2 Å². The first-order chi connectivity index (χ1) is 15.9. The molecule has 5 rings (SSSR count). The minimum absolute atomic E-state index is 0.102. The van der Waals surface area contributed by atoms with Gasteiger partial charge in [-0.25, -0.2) is 4.98 Å². The van der Waals surface area contributed by atoms with Crippen LogP contribution in [0.2, 0.25) is 0 Å². The number of aryl methyl sites for hydroxylation is 1. The van der Waals surface area contributed by atoms with Crippen molar-refractivity contribution in [3.05, 3.63) is 59.9 Å². The van der Waals surface area contributed by atoms with Crippen LogP contribution in [0.3, 0.4) is 0 Å². The van der Waals surface area contributed by atoms with Crippen LogP contribution in [0.4, 0.5) is 17.2 Å². The number of para-hydroxylation sites is 1. The molecule has 3 aromatic rings. The molecule has 0 unspecified atom stereocenters. The van der Waals surface area contributed by atoms with Gasteiger partial charge in [-0.3, -0.25) is 9.59 Å². The maximum Gasteiger partial charge on any atom is 0.257 e. The Bertz CT molecular complexity index is 1200. The van der Waals surface area contributed by atoms with Crippen molar-refractivity contribution in [2.24, 2.45) is 0 Å². The number of nitrogens with zero attached hydrogens (tertiary/aromatic N) is 1. The summed E-state index contributed by atoms with van der Waals surface area (Å²) in [5.41, 5.74) is 4.54. The first-order valence-corrected chi connectivity index (χ1v) is 11.1. The van der Waals surface area contributed by atoms with E-state index in [-0.39, 0.29) is 18.3 Å². The number of carbonyl (C=O) groups excluding carboxylic acids is 2. The van der Waals surface area contributed by atoms with E-state index < -0.39 is 11.9 Å². The number of aromatic nitrogens is 2. The van der Waals surface area contributed by atoms with Crippen molar-refractivity contribution in [1.82, 2.24) is 9.97 Å². The maximum atomic E-state index is 12.9. The molecule has 1 aromatic carbocycles. The molecule has 0 bridgehead atoms. The number of nitrogens with one attached hydrogen (secondary N) is 3. The molecule has 0 saturated carbocycles. The molecule has 3 heterocycles. The highest BCUT2D eigenvalue weighted by Crippen LogP contribution is 2.40. The van der Waals surface area contributed by atoms with Crippen molar-refractivity contribution in [3.63, 3.8) is 0 Å². The standard InChI is InChI=1S/C25H26N4O4/c1-25(2)32-14-19(33-25)24(31)29-23-16(10-7-13-26-23)21-22(27-15-8-4-3-5-9-15)20-17(28-21)11-6-12-18(20)30/h3-5,7-10,13,19,27-28H,6,11-12,14H2,1-2H3,(H,26,29,31)/t19-/m0/s1. The van der Waals surface area contributed by atoms with Crippen molar-refractivity contribution >= 4 is 28.9 Å². The van der Waals surface area contributed by atoms with Crippen LogP contribution in [-0.4, -0.2) is 40.2 Å². The zero-order valence-electron chi connectivity index (χ0n) is 18.6. The zero-order chi connectivity index (χ0) is 23.0. The second kappa shape index (κ2) is 8.46. The lowest BCUT2D eigenvalue weighted by Gasteiger charge is -2.17. The monoisotopic (exact) mass is 446 g/mol. The third kappa shape index (κ3) is 4.27. The topological polar surface area (TPSA) is 105 Å². The van der Waals surface area contributed by atoms with Crippen LogP contribution in [0.15, 0.2) is 48.7 Å². The van der Waals surface area contributed by atoms with Crippen molar-refractivity contribution in [2.45, 2.75) is 45.0 Å². The summed E-state index contributed by atoms with van der Waals surface area (Å²) in [5, 5.41) is 6.30. The molecule has 33 heavy (non-hydrogen) atoms. The van der Waals surface area contributed by atoms with E-state index in [0.717, 1.165) is 24.2 Å². The fourth-order valence-corrected chi connectivity index (χ4v) is 4.31. The summed E-state index contributed by atoms with van der Waals surface area (Å²) in [6, 6.07) is 13.4. The van der Waals surface area contributed by atoms with E-state index in [0.29, 0.717) is 34.7 Å². The number of ether oxygens (including phenoxy) is 2. The number of pyridine rings is 1. The second-order valence-electron chi connectivity index (χ2n) is 8.70. The number of aromatic amines is 1. The van der Waals surface area contributed by atoms with E-state index in [1.807, 2.05) is 36.4 Å². The van der Waals surface area contributed by atoms with Crippen LogP contribution in [0.5, 0.6) is 0 Å². The average Bonchev–Trinajstić information content (AvgIpc) is 3.35. The summed E-state index contributed by atoms with van der Waals surface area (Å²) in [6.07, 6.45) is 3.00. The number of fused-ring (bicyclic) bond motifs is 1. The van der Waals surface area contributed by atoms with Gasteiger partial charge < -0.3 is 25.1 Å². The first-order valence-electron chi connectivity index (χ1n) is 11.1. The van der Waals surface area contributed by atoms with Gasteiger partial charge in [0.05, 0.1) is 23.6 Å². The summed E-state index contributed by atoms with van der Waals surface area (Å²) in [5.74, 6) is -0.644. The summed E-state index contributed by atoms with van der Waals surface area (Å²) in [4.78, 5) is 33.6. The molecule has 0 spiro atoms. The summed E-state index contributed by atoms with van der Waals surface area (Å²) >= 11 is 0. The zero-order valence-corrected chi connectivity index (χ0v) is 18.6. The molecule has 0 radical (unpaired) electrons. The SMILES string of the molecule is CC1(C)OC[C@@H](C(=O)Nc2ncccc2-c2[nH]c3c(c2Nc2ccccc2)C(=O)CCC3)O1. The van der Waals surface area contributed by atoms with Crippen molar-refractivity contribution in [2.75, 3.05) is 17.2 Å². The van der Waals surface area contributed by atoms with Crippen LogP contribution in [0.25, 0.3) is 11.3 Å². The number of hydrogen-bond donors (Lipinski definition) is 3. The lowest BCUT2D eigenvalue weighted by Crippen LogP contribution is -2.32. The molecule has 1 atom stereocenters. The van der Waals surface area contributed by atoms with E-state index in [4.69, 9.17) is 9.47 Å². The number of hydrogen-bond acceptors (Lipinski definition) is 6. The normalized spacial score (nSPS) is 19.2. The number of carbonyl (C=O) groups is 2. The molecule has 1 fully saturated rings. The number of anilines is 3. The molecule has 8 nitrogen and oxygen atoms in total. The summed E-state index contributed by atoms with van der Waals surface area (Å²) in [6.45, 7) is 3.72. The van der Waals surface area contributed by atoms with Gasteiger partial charge in [0.25, 0.3) is 5.91 Å². The first kappa shape index (κ1) is 21.4. The number of Topliss-reactive ketones (excluding diaryl/α,β-unsaturated/α-hetero) is 1. The van der Waals surface area contributed by atoms with Crippen molar-refractivity contribution < 1.29 is 19.1 Å². The molecule has 3 N–H and O–H groups in total. The average molecular weight is 447 g/mol. The predicted octanol–water partition coefficient (Wildman–Crippen LogP) is 4.43. The van der Waals surface area contributed by atoms with E-state index in [2.05, 4.69) is 20.6 Å². The Hall–Kier alpha value is -3.49. The highest BCUT2D eigenvalue weighted by atomic mass is 16.7. The maximum absolute atomic E-state index is 12.9. The van der Waals surface area contributed by atoms with Gasteiger partial charge in [0.2, 0.25) is 0 Å². The number of H-pyrrole nitrogens is 1. The largest absolute Gasteiger partial charge is 0.356 e. The van der Waals surface area contributed by atoms with Crippen LogP contribution in [-0.2, 0) is 20.7 Å². The van der Waals surface area contributed by atoms with E-state index in [1.165, 1.54) is 0 Å². The minimum atomic E-state index is -0.805. The highest BCUT2D eigenvalue weighted by Gasteiger charge is 2.37. The quantitative estimate of drug-likeness (QED) is 0.536. The Labute approximate surface area is 191 Å². The Kier molecular flexibility index (Phi) is 5.47. The number of amides is 1. The van der Waals surface area contributed by atoms with Crippen LogP contribution in [0, 0.1) is 0 Å². The molecular weight excluding hydrogens is 420 g/mol. The van der Waals surface area contributed by atoms with Crippen LogP contribution < -0.4 is 10.6 Å². The third-order valence-corrected chi connectivity index (χ3v) is 5.85. The molecular formula is C25H26N4O4. The molecule has 2 aliphatic rings. The predicted molar refractivity (Wildman–Crippen MR) is 125 cm³/mol. The van der Waals surface area contributed by atoms with Crippen LogP contribution in [0.1, 0.15) is 42.7 Å². The van der Waals surface area contributed by atoms with Gasteiger partial charge in [0.15, 0.2) is 17.7 Å². The lowest BCUT2D eigenvalue weighted by atomic mass is 9.95. The molecule has 1 aliphatic carbocycles. The lowest BCUT2D eigenvalue weighted by molar-refractivity contribution is -0.150. The fraction of sp³-hybridized carbons (Fsp3) is 0.320. The Morgan fingerprint density at radius 1 is 1.15 bits per heavy atom. The van der Waals surface area contributed by atoms with Crippen molar-refractivity contribution in [1.29, 1.82) is 0 Å². The Morgan fingerprint density at radius 2 is 1.97 bits per heavy atom. The number of rotatable bonds is 5. The van der Waals surface area contributed by atoms with Gasteiger partial charge in [-0.05, 0) is 51.0 Å². The van der Waals surface area contributed by atoms with Crippen molar-refractivity contribution in [3.8, 4) is 11.3 Å². The Morgan fingerprint density at radius 3 is 2.73 bits per heavy atom. The van der Waals surface area contributed by atoms with Gasteiger partial charge >= 0.3 is 0 Å². The molecule has 170 valence electrons. The Balaban J connectivity index is 1.53. The minimum Gasteiger partial charge on any atom is -0.356 e. The second-order valence-corrected chi connectivity index (χ2v) is 8.70. The smallest absolute Gasteiger partial charge is 0.257 e. The molecule has 1 amide bonds. The van der Waals surface area contributed by atoms with Gasteiger partial charge in [-0.15, -0.1) is 0 Å². The number of ketones is 1. The third-order valence-electron chi connectivity index (χ3n) is 5.85. The fourth-order valence-electron chi connectivity index (χ4n) is 4.31. The molecule has 2 aromatic heterocycles. The van der Waals surface area contributed by atoms with E-state index in [9.17, 15) is 9.59 Å². The molecule has 1 aliphatic heterocycles.